The zero-order chi connectivity index (χ0) is 21.6. The molecule has 2 N–H and O–H groups in total. The third-order valence-electron chi connectivity index (χ3n) is 5.16. The standard InChI is InChI=1S/C22H17N3O5/c1-12-3-5-15(9-13(12)2)24-22(28)19(21(27)23-24)11-18-17-7-6-16(25(29)30)10-14(17)4-8-20(18)26/h3-11,28H,1-2H3,(H,23,27)/b18-11-. The number of nitro benzene ring substituents is 1. The van der Waals surface area contributed by atoms with E-state index in [2.05, 4.69) is 5.10 Å². The van der Waals surface area contributed by atoms with E-state index in [1.54, 1.807) is 6.07 Å². The lowest BCUT2D eigenvalue weighted by molar-refractivity contribution is -0.384. The number of aromatic nitrogens is 2. The van der Waals surface area contributed by atoms with Gasteiger partial charge in [-0.05, 0) is 66.5 Å². The number of hydrogen-bond acceptors (Lipinski definition) is 5. The number of non-ortho nitro benzene ring substituents is 1. The minimum absolute atomic E-state index is 0.0730. The summed E-state index contributed by atoms with van der Waals surface area (Å²) in [5, 5.41) is 24.3. The Balaban J connectivity index is 1.85. The lowest BCUT2D eigenvalue weighted by Crippen LogP contribution is -2.08. The monoisotopic (exact) mass is 403 g/mol. The summed E-state index contributed by atoms with van der Waals surface area (Å²) in [6.45, 7) is 3.88. The first kappa shape index (κ1) is 19.1. The van der Waals surface area contributed by atoms with Gasteiger partial charge in [-0.15, -0.1) is 0 Å². The van der Waals surface area contributed by atoms with Crippen LogP contribution in [0.25, 0.3) is 23.4 Å². The molecule has 0 radical (unpaired) electrons. The molecule has 0 aliphatic heterocycles. The van der Waals surface area contributed by atoms with Crippen molar-refractivity contribution < 1.29 is 14.8 Å². The summed E-state index contributed by atoms with van der Waals surface area (Å²) in [6.07, 6.45) is 4.08. The molecule has 2 aromatic carbocycles. The first-order valence-electron chi connectivity index (χ1n) is 9.11. The van der Waals surface area contributed by atoms with Gasteiger partial charge in [-0.2, -0.15) is 0 Å². The zero-order valence-electron chi connectivity index (χ0n) is 16.2. The molecule has 0 unspecified atom stereocenters. The minimum atomic E-state index is -0.566. The second kappa shape index (κ2) is 7.00. The number of benzene rings is 2. The average Bonchev–Trinajstić information content (AvgIpc) is 2.99. The summed E-state index contributed by atoms with van der Waals surface area (Å²) in [4.78, 5) is 35.5. The predicted octanol–water partition coefficient (Wildman–Crippen LogP) is 3.53. The lowest BCUT2D eigenvalue weighted by atomic mass is 9.90. The largest absolute Gasteiger partial charge is 0.493 e. The fourth-order valence-electron chi connectivity index (χ4n) is 3.35. The molecule has 1 aliphatic carbocycles. The van der Waals surface area contributed by atoms with Gasteiger partial charge in [0.1, 0.15) is 5.56 Å². The molecule has 0 spiro atoms. The Morgan fingerprint density at radius 1 is 1.07 bits per heavy atom. The summed E-state index contributed by atoms with van der Waals surface area (Å²) in [6, 6.07) is 9.58. The number of carbonyl (C=O) groups excluding carboxylic acids is 1. The smallest absolute Gasteiger partial charge is 0.275 e. The van der Waals surface area contributed by atoms with Gasteiger partial charge in [-0.3, -0.25) is 24.8 Å². The summed E-state index contributed by atoms with van der Waals surface area (Å²) < 4.78 is 1.25. The molecule has 1 heterocycles. The van der Waals surface area contributed by atoms with Crippen molar-refractivity contribution in [2.45, 2.75) is 13.8 Å². The summed E-state index contributed by atoms with van der Waals surface area (Å²) in [7, 11) is 0. The van der Waals surface area contributed by atoms with Crippen molar-refractivity contribution in [1.29, 1.82) is 0 Å². The van der Waals surface area contributed by atoms with Gasteiger partial charge in [0.05, 0.1) is 10.6 Å². The number of H-pyrrole nitrogens is 1. The number of fused-ring (bicyclic) bond motifs is 1. The van der Waals surface area contributed by atoms with Crippen molar-refractivity contribution in [3.05, 3.63) is 90.8 Å². The molecule has 3 aromatic rings. The molecule has 8 heteroatoms. The number of nitrogens with one attached hydrogen (secondary N) is 1. The normalized spacial score (nSPS) is 14.2. The van der Waals surface area contributed by atoms with Gasteiger partial charge < -0.3 is 5.11 Å². The first-order chi connectivity index (χ1) is 14.3. The Morgan fingerprint density at radius 2 is 1.83 bits per heavy atom. The molecule has 0 saturated carbocycles. The Labute approximate surface area is 170 Å². The highest BCUT2D eigenvalue weighted by Gasteiger charge is 2.22. The number of nitro groups is 1. The van der Waals surface area contributed by atoms with Crippen LogP contribution in [0.3, 0.4) is 0 Å². The number of rotatable bonds is 3. The third kappa shape index (κ3) is 3.14. The zero-order valence-corrected chi connectivity index (χ0v) is 16.2. The van der Waals surface area contributed by atoms with Crippen molar-refractivity contribution in [3.8, 4) is 11.6 Å². The van der Waals surface area contributed by atoms with Crippen LogP contribution in [-0.2, 0) is 4.79 Å². The van der Waals surface area contributed by atoms with Crippen LogP contribution < -0.4 is 5.56 Å². The van der Waals surface area contributed by atoms with Crippen LogP contribution in [0.2, 0.25) is 0 Å². The Morgan fingerprint density at radius 3 is 2.53 bits per heavy atom. The number of allylic oxidation sites excluding steroid dienone is 2. The quantitative estimate of drug-likeness (QED) is 0.394. The van der Waals surface area contributed by atoms with E-state index in [9.17, 15) is 24.8 Å². The van der Waals surface area contributed by atoms with Crippen molar-refractivity contribution in [1.82, 2.24) is 9.78 Å². The highest BCUT2D eigenvalue weighted by molar-refractivity contribution is 6.33. The predicted molar refractivity (Wildman–Crippen MR) is 113 cm³/mol. The number of aromatic hydroxyl groups is 1. The number of aromatic amines is 1. The van der Waals surface area contributed by atoms with Crippen LogP contribution in [0, 0.1) is 24.0 Å². The molecular formula is C22H17N3O5. The molecule has 0 fully saturated rings. The molecule has 150 valence electrons. The van der Waals surface area contributed by atoms with Gasteiger partial charge in [0.15, 0.2) is 5.78 Å². The van der Waals surface area contributed by atoms with Crippen molar-refractivity contribution in [2.75, 3.05) is 0 Å². The van der Waals surface area contributed by atoms with Crippen molar-refractivity contribution >= 4 is 29.2 Å². The molecular weight excluding hydrogens is 386 g/mol. The minimum Gasteiger partial charge on any atom is -0.493 e. The number of aryl methyl sites for hydroxylation is 2. The summed E-state index contributed by atoms with van der Waals surface area (Å²) in [5.74, 6) is -0.698. The SMILES string of the molecule is Cc1ccc(-n2[nH]c(=O)c(/C=C3\C(=O)C=Cc4cc([N+](=O)[O-])ccc43)c2O)cc1C. The fourth-order valence-corrected chi connectivity index (χ4v) is 3.35. The maximum absolute atomic E-state index is 12.5. The number of ketones is 1. The Kier molecular flexibility index (Phi) is 4.46. The summed E-state index contributed by atoms with van der Waals surface area (Å²) >= 11 is 0. The maximum atomic E-state index is 12.5. The van der Waals surface area contributed by atoms with Crippen molar-refractivity contribution in [3.63, 3.8) is 0 Å². The molecule has 30 heavy (non-hydrogen) atoms. The molecule has 1 aliphatic rings. The topological polar surface area (TPSA) is 118 Å². The second-order valence-electron chi connectivity index (χ2n) is 7.07. The van der Waals surface area contributed by atoms with E-state index in [0.29, 0.717) is 16.8 Å². The average molecular weight is 403 g/mol. The van der Waals surface area contributed by atoms with E-state index < -0.39 is 10.5 Å². The Bertz CT molecular complexity index is 1340. The van der Waals surface area contributed by atoms with Gasteiger partial charge >= 0.3 is 0 Å². The van der Waals surface area contributed by atoms with Crippen LogP contribution in [0.5, 0.6) is 5.88 Å². The fraction of sp³-hybridized carbons (Fsp3) is 0.0909. The van der Waals surface area contributed by atoms with Crippen LogP contribution >= 0.6 is 0 Å². The van der Waals surface area contributed by atoms with E-state index >= 15 is 0 Å². The molecule has 4 rings (SSSR count). The molecule has 1 aromatic heterocycles. The number of carbonyl (C=O) groups is 1. The highest BCUT2D eigenvalue weighted by Crippen LogP contribution is 2.32. The van der Waals surface area contributed by atoms with Crippen LogP contribution in [0.4, 0.5) is 5.69 Å². The van der Waals surface area contributed by atoms with Crippen LogP contribution in [0.1, 0.15) is 27.8 Å². The van der Waals surface area contributed by atoms with E-state index in [1.165, 1.54) is 41.1 Å². The Hall–Kier alpha value is -4.20. The lowest BCUT2D eigenvalue weighted by Gasteiger charge is -2.13. The number of nitrogens with zero attached hydrogens (tertiary/aromatic N) is 2. The van der Waals surface area contributed by atoms with E-state index in [-0.39, 0.29) is 28.5 Å². The molecule has 0 atom stereocenters. The maximum Gasteiger partial charge on any atom is 0.275 e. The van der Waals surface area contributed by atoms with Crippen molar-refractivity contribution in [2.24, 2.45) is 0 Å². The third-order valence-corrected chi connectivity index (χ3v) is 5.16. The summed E-state index contributed by atoms with van der Waals surface area (Å²) in [5.41, 5.74) is 2.99. The van der Waals surface area contributed by atoms with Crippen LogP contribution in [0.15, 0.2) is 47.3 Å². The van der Waals surface area contributed by atoms with E-state index in [0.717, 1.165) is 11.1 Å². The van der Waals surface area contributed by atoms with Gasteiger partial charge in [-0.25, -0.2) is 4.68 Å². The van der Waals surface area contributed by atoms with Gasteiger partial charge in [0, 0.05) is 17.7 Å². The molecule has 0 saturated heterocycles. The van der Waals surface area contributed by atoms with E-state index in [1.807, 2.05) is 26.0 Å². The van der Waals surface area contributed by atoms with Gasteiger partial charge in [0.2, 0.25) is 5.88 Å². The second-order valence-corrected chi connectivity index (χ2v) is 7.07. The molecule has 8 nitrogen and oxygen atoms in total. The van der Waals surface area contributed by atoms with Gasteiger partial charge in [0.25, 0.3) is 11.2 Å². The van der Waals surface area contributed by atoms with Crippen LogP contribution in [-0.4, -0.2) is 25.6 Å². The number of hydrogen-bond donors (Lipinski definition) is 2. The first-order valence-corrected chi connectivity index (χ1v) is 9.11. The van der Waals surface area contributed by atoms with Gasteiger partial charge in [-0.1, -0.05) is 12.1 Å². The highest BCUT2D eigenvalue weighted by atomic mass is 16.6. The molecule has 0 bridgehead atoms. The molecule has 0 amide bonds. The van der Waals surface area contributed by atoms with E-state index in [4.69, 9.17) is 0 Å².